The molecular weight excluding hydrogens is 392 g/mol. The van der Waals surface area contributed by atoms with Crippen molar-refractivity contribution >= 4 is 23.1 Å². The number of fused-ring (bicyclic) bond motifs is 1. The van der Waals surface area contributed by atoms with Gasteiger partial charge in [-0.05, 0) is 30.7 Å². The van der Waals surface area contributed by atoms with Gasteiger partial charge in [-0.1, -0.05) is 18.2 Å². The molecule has 1 atom stereocenters. The number of aromatic nitrogens is 3. The summed E-state index contributed by atoms with van der Waals surface area (Å²) in [6.07, 6.45) is 2.72. The Kier molecular flexibility index (Phi) is 5.05. The summed E-state index contributed by atoms with van der Waals surface area (Å²) in [7, 11) is 0. The van der Waals surface area contributed by atoms with Crippen LogP contribution < -0.4 is 4.90 Å². The lowest BCUT2D eigenvalue weighted by atomic mass is 10.1. The van der Waals surface area contributed by atoms with Crippen LogP contribution >= 0.6 is 0 Å². The minimum Gasteiger partial charge on any atom is -0.368 e. The van der Waals surface area contributed by atoms with E-state index in [4.69, 9.17) is 0 Å². The maximum Gasteiger partial charge on any atom is 0.255 e. The molecule has 0 spiro atoms. The third-order valence-corrected chi connectivity index (χ3v) is 6.36. The maximum atomic E-state index is 13.2. The Balaban J connectivity index is 1.31. The van der Waals surface area contributed by atoms with Crippen molar-refractivity contribution in [1.82, 2.24) is 24.4 Å². The number of nitrogens with zero attached hydrogens (tertiary/aromatic N) is 6. The number of hydrogen-bond acceptors (Lipinski definition) is 5. The SMILES string of the molecule is CC(=O)N1CCC(c2nnc3ccc(C(=O)N4CCN(c5ccccc5)CC4)cn23)C1. The highest BCUT2D eigenvalue weighted by Crippen LogP contribution is 2.27. The molecule has 160 valence electrons. The van der Waals surface area contributed by atoms with Crippen molar-refractivity contribution in [3.63, 3.8) is 0 Å². The zero-order chi connectivity index (χ0) is 21.4. The molecule has 0 saturated carbocycles. The van der Waals surface area contributed by atoms with Crippen LogP contribution in [0.3, 0.4) is 0 Å². The summed E-state index contributed by atoms with van der Waals surface area (Å²) in [6.45, 7) is 6.00. The molecule has 4 heterocycles. The number of benzene rings is 1. The fourth-order valence-electron chi connectivity index (χ4n) is 4.56. The van der Waals surface area contributed by atoms with Gasteiger partial charge in [-0.25, -0.2) is 0 Å². The van der Waals surface area contributed by atoms with E-state index in [1.54, 1.807) is 6.92 Å². The van der Waals surface area contributed by atoms with Gasteiger partial charge >= 0.3 is 0 Å². The van der Waals surface area contributed by atoms with Crippen LogP contribution in [-0.4, -0.2) is 75.5 Å². The van der Waals surface area contributed by atoms with E-state index < -0.39 is 0 Å². The van der Waals surface area contributed by atoms with Gasteiger partial charge in [0.15, 0.2) is 5.65 Å². The molecule has 2 aliphatic rings. The largest absolute Gasteiger partial charge is 0.368 e. The van der Waals surface area contributed by atoms with E-state index >= 15 is 0 Å². The molecule has 2 saturated heterocycles. The third kappa shape index (κ3) is 3.73. The lowest BCUT2D eigenvalue weighted by Gasteiger charge is -2.36. The van der Waals surface area contributed by atoms with E-state index in [9.17, 15) is 9.59 Å². The van der Waals surface area contributed by atoms with Gasteiger partial charge in [0.2, 0.25) is 5.91 Å². The second-order valence-electron chi connectivity index (χ2n) is 8.27. The van der Waals surface area contributed by atoms with Gasteiger partial charge in [-0.15, -0.1) is 10.2 Å². The molecule has 1 unspecified atom stereocenters. The van der Waals surface area contributed by atoms with Gasteiger partial charge < -0.3 is 14.7 Å². The Morgan fingerprint density at radius 1 is 0.903 bits per heavy atom. The normalized spacial score (nSPS) is 19.3. The molecule has 2 aliphatic heterocycles. The van der Waals surface area contributed by atoms with Gasteiger partial charge in [0.25, 0.3) is 5.91 Å². The van der Waals surface area contributed by atoms with Crippen molar-refractivity contribution in [2.24, 2.45) is 0 Å². The number of hydrogen-bond donors (Lipinski definition) is 0. The summed E-state index contributed by atoms with van der Waals surface area (Å²) in [6, 6.07) is 14.0. The van der Waals surface area contributed by atoms with Crippen molar-refractivity contribution in [3.8, 4) is 0 Å². The molecule has 2 aromatic heterocycles. The van der Waals surface area contributed by atoms with Crippen LogP contribution in [0.1, 0.15) is 35.4 Å². The number of para-hydroxylation sites is 1. The van der Waals surface area contributed by atoms with Crippen LogP contribution in [0.25, 0.3) is 5.65 Å². The molecule has 8 heteroatoms. The quantitative estimate of drug-likeness (QED) is 0.651. The molecule has 0 bridgehead atoms. The summed E-state index contributed by atoms with van der Waals surface area (Å²) in [5, 5.41) is 8.64. The van der Waals surface area contributed by atoms with Crippen LogP contribution in [0, 0.1) is 0 Å². The predicted molar refractivity (Wildman–Crippen MR) is 117 cm³/mol. The van der Waals surface area contributed by atoms with Crippen LogP contribution in [0.15, 0.2) is 48.7 Å². The molecule has 3 aromatic rings. The summed E-state index contributed by atoms with van der Waals surface area (Å²) >= 11 is 0. The molecule has 0 aliphatic carbocycles. The number of pyridine rings is 1. The van der Waals surface area contributed by atoms with Crippen molar-refractivity contribution in [1.29, 1.82) is 0 Å². The highest BCUT2D eigenvalue weighted by atomic mass is 16.2. The molecule has 0 N–H and O–H groups in total. The number of rotatable bonds is 3. The minimum atomic E-state index is 0.0334. The molecule has 31 heavy (non-hydrogen) atoms. The lowest BCUT2D eigenvalue weighted by Crippen LogP contribution is -2.48. The fourth-order valence-corrected chi connectivity index (χ4v) is 4.56. The van der Waals surface area contributed by atoms with Gasteiger partial charge in [-0.3, -0.25) is 14.0 Å². The summed E-state index contributed by atoms with van der Waals surface area (Å²) in [4.78, 5) is 30.9. The average Bonchev–Trinajstić information content (AvgIpc) is 3.46. The van der Waals surface area contributed by atoms with Crippen LogP contribution in [-0.2, 0) is 4.79 Å². The number of likely N-dealkylation sites (tertiary alicyclic amines) is 1. The molecule has 2 fully saturated rings. The molecule has 1 aromatic carbocycles. The predicted octanol–water partition coefficient (Wildman–Crippen LogP) is 2.03. The number of piperazine rings is 1. The number of carbonyl (C=O) groups excluding carboxylic acids is 2. The smallest absolute Gasteiger partial charge is 0.255 e. The molecule has 5 rings (SSSR count). The lowest BCUT2D eigenvalue weighted by molar-refractivity contribution is -0.127. The highest BCUT2D eigenvalue weighted by Gasteiger charge is 2.29. The summed E-state index contributed by atoms with van der Waals surface area (Å²) < 4.78 is 1.92. The van der Waals surface area contributed by atoms with E-state index in [0.29, 0.717) is 25.2 Å². The minimum absolute atomic E-state index is 0.0334. The van der Waals surface area contributed by atoms with E-state index in [1.165, 1.54) is 5.69 Å². The fraction of sp³-hybridized carbons (Fsp3) is 0.391. The first-order valence-electron chi connectivity index (χ1n) is 10.8. The topological polar surface area (TPSA) is 74.0 Å². The van der Waals surface area contributed by atoms with E-state index in [1.807, 2.05) is 50.7 Å². The Hall–Kier alpha value is -3.42. The zero-order valence-electron chi connectivity index (χ0n) is 17.6. The molecular formula is C23H26N6O2. The zero-order valence-corrected chi connectivity index (χ0v) is 17.6. The van der Waals surface area contributed by atoms with E-state index in [-0.39, 0.29) is 17.7 Å². The molecule has 8 nitrogen and oxygen atoms in total. The van der Waals surface area contributed by atoms with Gasteiger partial charge in [0.05, 0.1) is 5.56 Å². The second kappa shape index (κ2) is 8.02. The first-order valence-corrected chi connectivity index (χ1v) is 10.8. The van der Waals surface area contributed by atoms with Gasteiger partial charge in [0, 0.05) is 64.0 Å². The highest BCUT2D eigenvalue weighted by molar-refractivity contribution is 5.94. The Labute approximate surface area is 181 Å². The standard InChI is InChI=1S/C23H26N6O2/c1-17(30)28-10-9-18(15-28)22-25-24-21-8-7-19(16-29(21)22)23(31)27-13-11-26(12-14-27)20-5-3-2-4-6-20/h2-8,16,18H,9-15H2,1H3. The van der Waals surface area contributed by atoms with Crippen molar-refractivity contribution < 1.29 is 9.59 Å². The molecule has 2 amide bonds. The Morgan fingerprint density at radius 2 is 1.68 bits per heavy atom. The van der Waals surface area contributed by atoms with Gasteiger partial charge in [0.1, 0.15) is 5.82 Å². The van der Waals surface area contributed by atoms with E-state index in [0.717, 1.165) is 37.5 Å². The van der Waals surface area contributed by atoms with E-state index in [2.05, 4.69) is 27.2 Å². The number of anilines is 1. The first-order chi connectivity index (χ1) is 15.1. The van der Waals surface area contributed by atoms with Crippen molar-refractivity contribution in [2.75, 3.05) is 44.2 Å². The second-order valence-corrected chi connectivity index (χ2v) is 8.27. The van der Waals surface area contributed by atoms with Crippen LogP contribution in [0.4, 0.5) is 5.69 Å². The van der Waals surface area contributed by atoms with Crippen LogP contribution in [0.5, 0.6) is 0 Å². The summed E-state index contributed by atoms with van der Waals surface area (Å²) in [5.41, 5.74) is 2.56. The van der Waals surface area contributed by atoms with Crippen molar-refractivity contribution in [3.05, 3.63) is 60.0 Å². The van der Waals surface area contributed by atoms with Crippen molar-refractivity contribution in [2.45, 2.75) is 19.3 Å². The molecule has 0 radical (unpaired) electrons. The Morgan fingerprint density at radius 3 is 2.39 bits per heavy atom. The average molecular weight is 419 g/mol. The Bertz CT molecular complexity index is 1100. The number of carbonyl (C=O) groups is 2. The maximum absolute atomic E-state index is 13.2. The third-order valence-electron chi connectivity index (χ3n) is 6.36. The monoisotopic (exact) mass is 418 g/mol. The summed E-state index contributed by atoms with van der Waals surface area (Å²) in [5.74, 6) is 1.08. The first kappa shape index (κ1) is 19.5. The number of amides is 2. The van der Waals surface area contributed by atoms with Gasteiger partial charge in [-0.2, -0.15) is 0 Å². The van der Waals surface area contributed by atoms with Crippen LogP contribution in [0.2, 0.25) is 0 Å².